The second-order valence-corrected chi connectivity index (χ2v) is 5.62. The van der Waals surface area contributed by atoms with E-state index in [-0.39, 0.29) is 17.4 Å². The summed E-state index contributed by atoms with van der Waals surface area (Å²) in [7, 11) is 1.69. The van der Waals surface area contributed by atoms with Gasteiger partial charge < -0.3 is 15.4 Å². The van der Waals surface area contributed by atoms with Crippen LogP contribution in [0.25, 0.3) is 0 Å². The van der Waals surface area contributed by atoms with Crippen LogP contribution in [0.4, 0.5) is 0 Å². The predicted octanol–water partition coefficient (Wildman–Crippen LogP) is 1.72. The van der Waals surface area contributed by atoms with Gasteiger partial charge in [0.15, 0.2) is 0 Å². The molecule has 0 saturated heterocycles. The Morgan fingerprint density at radius 1 is 1.56 bits per heavy atom. The van der Waals surface area contributed by atoms with Gasteiger partial charge in [0, 0.05) is 26.1 Å². The molecule has 1 aliphatic carbocycles. The fourth-order valence-electron chi connectivity index (χ4n) is 2.24. The van der Waals surface area contributed by atoms with Gasteiger partial charge in [-0.1, -0.05) is 19.1 Å². The van der Waals surface area contributed by atoms with Gasteiger partial charge in [-0.3, -0.25) is 4.79 Å². The van der Waals surface area contributed by atoms with E-state index in [1.54, 1.807) is 7.11 Å². The first-order valence-electron chi connectivity index (χ1n) is 6.56. The highest BCUT2D eigenvalue weighted by atomic mass is 32.1. The van der Waals surface area contributed by atoms with Gasteiger partial charge in [-0.25, -0.2) is 0 Å². The first-order valence-corrected chi connectivity index (χ1v) is 6.97. The summed E-state index contributed by atoms with van der Waals surface area (Å²) in [4.78, 5) is 14.5. The van der Waals surface area contributed by atoms with E-state index in [9.17, 15) is 4.79 Å². The van der Waals surface area contributed by atoms with Crippen molar-refractivity contribution < 1.29 is 9.53 Å². The maximum atomic E-state index is 12.3. The molecule has 0 aromatic carbocycles. The molecule has 1 aliphatic rings. The Morgan fingerprint density at radius 2 is 2.17 bits per heavy atom. The summed E-state index contributed by atoms with van der Waals surface area (Å²) in [6.45, 7) is 5.22. The molecular weight excluding hydrogens is 248 g/mol. The molecule has 18 heavy (non-hydrogen) atoms. The van der Waals surface area contributed by atoms with E-state index in [0.717, 1.165) is 19.3 Å². The highest BCUT2D eigenvalue weighted by Crippen LogP contribution is 2.38. The van der Waals surface area contributed by atoms with Gasteiger partial charge in [-0.2, -0.15) is 0 Å². The fourth-order valence-corrected chi connectivity index (χ4v) is 2.31. The van der Waals surface area contributed by atoms with Gasteiger partial charge in [0.2, 0.25) is 5.91 Å². The number of nitrogens with zero attached hydrogens (tertiary/aromatic N) is 1. The molecule has 1 amide bonds. The van der Waals surface area contributed by atoms with E-state index in [1.165, 1.54) is 0 Å². The molecule has 5 heteroatoms. The second kappa shape index (κ2) is 6.48. The van der Waals surface area contributed by atoms with Crippen molar-refractivity contribution in [1.29, 1.82) is 0 Å². The third-order valence-electron chi connectivity index (χ3n) is 3.89. The van der Waals surface area contributed by atoms with Crippen LogP contribution in [0, 0.1) is 5.92 Å². The lowest BCUT2D eigenvalue weighted by Crippen LogP contribution is -2.46. The second-order valence-electron chi connectivity index (χ2n) is 5.15. The lowest BCUT2D eigenvalue weighted by atomic mass is 9.77. The minimum atomic E-state index is -0.211. The summed E-state index contributed by atoms with van der Waals surface area (Å²) in [5, 5.41) is 0. The SMILES string of the molecule is CCN(CC(C)C(N)=S)C(=O)CC1(OC)CCC1. The van der Waals surface area contributed by atoms with Crippen molar-refractivity contribution in [1.82, 2.24) is 4.90 Å². The molecule has 1 rings (SSSR count). The lowest BCUT2D eigenvalue weighted by molar-refractivity contribution is -0.144. The fraction of sp³-hybridized carbons (Fsp3) is 0.846. The Labute approximate surface area is 115 Å². The van der Waals surface area contributed by atoms with E-state index in [2.05, 4.69) is 0 Å². The van der Waals surface area contributed by atoms with Crippen molar-refractivity contribution >= 4 is 23.1 Å². The van der Waals surface area contributed by atoms with Gasteiger partial charge in [0.1, 0.15) is 0 Å². The molecule has 0 spiro atoms. The van der Waals surface area contributed by atoms with Crippen LogP contribution in [-0.2, 0) is 9.53 Å². The predicted molar refractivity (Wildman–Crippen MR) is 76.4 cm³/mol. The first-order chi connectivity index (χ1) is 8.44. The maximum Gasteiger partial charge on any atom is 0.225 e. The number of nitrogens with two attached hydrogens (primary N) is 1. The number of hydrogen-bond donors (Lipinski definition) is 1. The summed E-state index contributed by atoms with van der Waals surface area (Å²) in [5.41, 5.74) is 5.39. The summed E-state index contributed by atoms with van der Waals surface area (Å²) in [6, 6.07) is 0. The van der Waals surface area contributed by atoms with Gasteiger partial charge in [-0.15, -0.1) is 0 Å². The summed E-state index contributed by atoms with van der Waals surface area (Å²) in [6.07, 6.45) is 3.59. The van der Waals surface area contributed by atoms with Crippen molar-refractivity contribution in [3.63, 3.8) is 0 Å². The third kappa shape index (κ3) is 3.65. The van der Waals surface area contributed by atoms with Crippen LogP contribution < -0.4 is 5.73 Å². The Bertz CT molecular complexity index is 311. The van der Waals surface area contributed by atoms with E-state index in [4.69, 9.17) is 22.7 Å². The normalized spacial score (nSPS) is 18.8. The smallest absolute Gasteiger partial charge is 0.225 e. The molecule has 1 saturated carbocycles. The summed E-state index contributed by atoms with van der Waals surface area (Å²) >= 11 is 4.95. The largest absolute Gasteiger partial charge is 0.393 e. The van der Waals surface area contributed by atoms with E-state index >= 15 is 0 Å². The standard InChI is InChI=1S/C13H24N2O2S/c1-4-15(9-10(2)12(14)18)11(16)8-13(17-3)6-5-7-13/h10H,4-9H2,1-3H3,(H2,14,18). The Morgan fingerprint density at radius 3 is 2.50 bits per heavy atom. The van der Waals surface area contributed by atoms with Crippen LogP contribution in [-0.4, -0.2) is 41.6 Å². The van der Waals surface area contributed by atoms with Crippen LogP contribution in [0.1, 0.15) is 39.5 Å². The van der Waals surface area contributed by atoms with Crippen LogP contribution in [0.2, 0.25) is 0 Å². The summed E-state index contributed by atoms with van der Waals surface area (Å²) < 4.78 is 5.49. The van der Waals surface area contributed by atoms with Crippen LogP contribution in [0.5, 0.6) is 0 Å². The van der Waals surface area contributed by atoms with Crippen molar-refractivity contribution in [3.05, 3.63) is 0 Å². The highest BCUT2D eigenvalue weighted by Gasteiger charge is 2.40. The van der Waals surface area contributed by atoms with Crippen molar-refractivity contribution in [2.45, 2.75) is 45.1 Å². The molecular formula is C13H24N2O2S. The molecule has 1 unspecified atom stereocenters. The number of rotatable bonds is 7. The average Bonchev–Trinajstić information content (AvgIpc) is 2.29. The van der Waals surface area contributed by atoms with Gasteiger partial charge in [-0.05, 0) is 26.2 Å². The zero-order chi connectivity index (χ0) is 13.8. The number of carbonyl (C=O) groups is 1. The molecule has 2 N–H and O–H groups in total. The number of hydrogen-bond acceptors (Lipinski definition) is 3. The molecule has 104 valence electrons. The zero-order valence-electron chi connectivity index (χ0n) is 11.6. The number of methoxy groups -OCH3 is 1. The van der Waals surface area contributed by atoms with Crippen molar-refractivity contribution in [2.24, 2.45) is 11.7 Å². The molecule has 0 radical (unpaired) electrons. The quantitative estimate of drug-likeness (QED) is 0.717. The molecule has 0 aromatic heterocycles. The van der Waals surface area contributed by atoms with E-state index < -0.39 is 0 Å². The topological polar surface area (TPSA) is 55.6 Å². The number of amides is 1. The molecule has 0 bridgehead atoms. The summed E-state index contributed by atoms with van der Waals surface area (Å²) in [5.74, 6) is 0.200. The van der Waals surface area contributed by atoms with Crippen LogP contribution in [0.15, 0.2) is 0 Å². The van der Waals surface area contributed by atoms with E-state index in [0.29, 0.717) is 24.5 Å². The molecule has 4 nitrogen and oxygen atoms in total. The molecule has 1 fully saturated rings. The number of ether oxygens (including phenoxy) is 1. The van der Waals surface area contributed by atoms with Crippen LogP contribution in [0.3, 0.4) is 0 Å². The Balaban J connectivity index is 2.54. The first kappa shape index (κ1) is 15.4. The van der Waals surface area contributed by atoms with Crippen molar-refractivity contribution in [2.75, 3.05) is 20.2 Å². The molecule has 0 aromatic rings. The van der Waals surface area contributed by atoms with E-state index in [1.807, 2.05) is 18.7 Å². The highest BCUT2D eigenvalue weighted by molar-refractivity contribution is 7.80. The number of carbonyl (C=O) groups excluding carboxylic acids is 1. The minimum Gasteiger partial charge on any atom is -0.393 e. The lowest BCUT2D eigenvalue weighted by Gasteiger charge is -2.41. The monoisotopic (exact) mass is 272 g/mol. The third-order valence-corrected chi connectivity index (χ3v) is 4.29. The molecule has 0 heterocycles. The maximum absolute atomic E-state index is 12.3. The van der Waals surface area contributed by atoms with Gasteiger partial charge >= 0.3 is 0 Å². The van der Waals surface area contributed by atoms with Gasteiger partial charge in [0.05, 0.1) is 17.0 Å². The van der Waals surface area contributed by atoms with Gasteiger partial charge in [0.25, 0.3) is 0 Å². The molecule has 1 atom stereocenters. The Hall–Kier alpha value is -0.680. The minimum absolute atomic E-state index is 0.0591. The van der Waals surface area contributed by atoms with Crippen molar-refractivity contribution in [3.8, 4) is 0 Å². The molecule has 0 aliphatic heterocycles. The zero-order valence-corrected chi connectivity index (χ0v) is 12.4. The Kier molecular flexibility index (Phi) is 5.53. The average molecular weight is 272 g/mol. The number of thiocarbonyl (C=S) groups is 1. The van der Waals surface area contributed by atoms with Crippen LogP contribution >= 0.6 is 12.2 Å².